The Labute approximate surface area is 120 Å². The van der Waals surface area contributed by atoms with E-state index in [9.17, 15) is 9.59 Å². The van der Waals surface area contributed by atoms with E-state index in [-0.39, 0.29) is 12.6 Å². The molecule has 0 fully saturated rings. The minimum atomic E-state index is -0.895. The van der Waals surface area contributed by atoms with E-state index >= 15 is 0 Å². The molecule has 0 saturated carbocycles. The lowest BCUT2D eigenvalue weighted by Gasteiger charge is -2.12. The summed E-state index contributed by atoms with van der Waals surface area (Å²) in [5, 5.41) is 14.1. The van der Waals surface area contributed by atoms with E-state index in [0.29, 0.717) is 13.0 Å². The fraction of sp³-hybridized carbons (Fsp3) is 0.385. The van der Waals surface area contributed by atoms with Gasteiger partial charge in [-0.25, -0.2) is 4.79 Å². The number of rotatable bonds is 6. The fourth-order valence-electron chi connectivity index (χ4n) is 1.50. The number of hydrogen-bond donors (Lipinski definition) is 3. The third kappa shape index (κ3) is 5.30. The number of amides is 2. The van der Waals surface area contributed by atoms with Crippen LogP contribution >= 0.6 is 15.9 Å². The van der Waals surface area contributed by atoms with Crippen LogP contribution in [0.5, 0.6) is 0 Å². The molecule has 5 nitrogen and oxygen atoms in total. The average molecular weight is 329 g/mol. The number of carboxylic acid groups (broad SMARTS) is 1. The summed E-state index contributed by atoms with van der Waals surface area (Å²) >= 11 is 3.39. The van der Waals surface area contributed by atoms with Crippen LogP contribution in [-0.2, 0) is 11.3 Å². The summed E-state index contributed by atoms with van der Waals surface area (Å²) in [6, 6.07) is 7.21. The van der Waals surface area contributed by atoms with Crippen molar-refractivity contribution in [1.82, 2.24) is 10.6 Å². The van der Waals surface area contributed by atoms with E-state index < -0.39 is 11.9 Å². The first-order chi connectivity index (χ1) is 9.04. The van der Waals surface area contributed by atoms with Gasteiger partial charge in [-0.05, 0) is 18.1 Å². The van der Waals surface area contributed by atoms with Crippen LogP contribution in [0.4, 0.5) is 4.79 Å². The van der Waals surface area contributed by atoms with Gasteiger partial charge in [0, 0.05) is 17.6 Å². The zero-order chi connectivity index (χ0) is 14.3. The monoisotopic (exact) mass is 328 g/mol. The van der Waals surface area contributed by atoms with Crippen molar-refractivity contribution in [3.05, 3.63) is 34.3 Å². The van der Waals surface area contributed by atoms with Crippen molar-refractivity contribution < 1.29 is 14.7 Å². The highest BCUT2D eigenvalue weighted by atomic mass is 79.9. The number of benzene rings is 1. The van der Waals surface area contributed by atoms with Gasteiger partial charge in [0.15, 0.2) is 0 Å². The van der Waals surface area contributed by atoms with E-state index in [1.165, 1.54) is 0 Å². The number of halogens is 1. The van der Waals surface area contributed by atoms with Crippen molar-refractivity contribution >= 4 is 27.9 Å². The molecule has 6 heteroatoms. The third-order valence-electron chi connectivity index (χ3n) is 2.75. The predicted molar refractivity (Wildman–Crippen MR) is 75.8 cm³/mol. The second-order valence-corrected chi connectivity index (χ2v) is 4.95. The number of carbonyl (C=O) groups is 2. The van der Waals surface area contributed by atoms with Crippen molar-refractivity contribution in [2.45, 2.75) is 19.9 Å². The summed E-state index contributed by atoms with van der Waals surface area (Å²) in [6.07, 6.45) is 0.486. The van der Waals surface area contributed by atoms with Gasteiger partial charge in [0.2, 0.25) is 0 Å². The van der Waals surface area contributed by atoms with Crippen molar-refractivity contribution in [3.8, 4) is 0 Å². The van der Waals surface area contributed by atoms with Gasteiger partial charge in [-0.1, -0.05) is 41.1 Å². The van der Waals surface area contributed by atoms with Gasteiger partial charge < -0.3 is 15.7 Å². The van der Waals surface area contributed by atoms with Crippen molar-refractivity contribution in [2.24, 2.45) is 5.92 Å². The standard InChI is InChI=1S/C13H17BrN2O3/c1-2-9(12(17)18)7-15-13(19)16-8-10-5-3-4-6-11(10)14/h3-6,9H,2,7-8H2,1H3,(H,17,18)(H2,15,16,19). The molecule has 0 heterocycles. The molecular formula is C13H17BrN2O3. The van der Waals surface area contributed by atoms with Crippen LogP contribution in [0, 0.1) is 5.92 Å². The molecule has 0 radical (unpaired) electrons. The second-order valence-electron chi connectivity index (χ2n) is 4.10. The Balaban J connectivity index is 2.36. The maximum atomic E-state index is 11.5. The summed E-state index contributed by atoms with van der Waals surface area (Å²) in [6.45, 7) is 2.30. The van der Waals surface area contributed by atoms with Crippen LogP contribution in [-0.4, -0.2) is 23.7 Å². The van der Waals surface area contributed by atoms with Crippen molar-refractivity contribution in [2.75, 3.05) is 6.54 Å². The Bertz CT molecular complexity index is 451. The van der Waals surface area contributed by atoms with Gasteiger partial charge in [-0.3, -0.25) is 4.79 Å². The second kappa shape index (κ2) is 7.78. The molecular weight excluding hydrogens is 312 g/mol. The number of nitrogens with one attached hydrogen (secondary N) is 2. The smallest absolute Gasteiger partial charge is 0.315 e. The lowest BCUT2D eigenvalue weighted by molar-refractivity contribution is -0.141. The molecule has 1 aromatic rings. The molecule has 19 heavy (non-hydrogen) atoms. The van der Waals surface area contributed by atoms with Crippen LogP contribution in [0.3, 0.4) is 0 Å². The highest BCUT2D eigenvalue weighted by molar-refractivity contribution is 9.10. The third-order valence-corrected chi connectivity index (χ3v) is 3.52. The van der Waals surface area contributed by atoms with Gasteiger partial charge in [0.1, 0.15) is 0 Å². The topological polar surface area (TPSA) is 78.4 Å². The Kier molecular flexibility index (Phi) is 6.35. The summed E-state index contributed by atoms with van der Waals surface area (Å²) in [5.41, 5.74) is 0.961. The zero-order valence-electron chi connectivity index (χ0n) is 10.6. The van der Waals surface area contributed by atoms with Gasteiger partial charge in [-0.2, -0.15) is 0 Å². The Morgan fingerprint density at radius 2 is 2.00 bits per heavy atom. The zero-order valence-corrected chi connectivity index (χ0v) is 12.2. The average Bonchev–Trinajstić information content (AvgIpc) is 2.38. The van der Waals surface area contributed by atoms with Gasteiger partial charge in [-0.15, -0.1) is 0 Å². The van der Waals surface area contributed by atoms with Crippen LogP contribution in [0.1, 0.15) is 18.9 Å². The lowest BCUT2D eigenvalue weighted by Crippen LogP contribution is -2.39. The van der Waals surface area contributed by atoms with E-state index in [0.717, 1.165) is 10.0 Å². The first kappa shape index (κ1) is 15.5. The summed E-state index contributed by atoms with van der Waals surface area (Å²) in [5.74, 6) is -1.44. The van der Waals surface area contributed by atoms with Crippen LogP contribution < -0.4 is 10.6 Å². The fourth-order valence-corrected chi connectivity index (χ4v) is 1.93. The molecule has 104 valence electrons. The highest BCUT2D eigenvalue weighted by Crippen LogP contribution is 2.15. The molecule has 0 spiro atoms. The van der Waals surface area contributed by atoms with E-state index in [4.69, 9.17) is 5.11 Å². The Morgan fingerprint density at radius 3 is 2.58 bits per heavy atom. The van der Waals surface area contributed by atoms with Crippen molar-refractivity contribution in [1.29, 1.82) is 0 Å². The van der Waals surface area contributed by atoms with E-state index in [1.807, 2.05) is 24.3 Å². The molecule has 0 aliphatic carbocycles. The van der Waals surface area contributed by atoms with Gasteiger partial charge in [0.25, 0.3) is 0 Å². The SMILES string of the molecule is CCC(CNC(=O)NCc1ccccc1Br)C(=O)O. The maximum Gasteiger partial charge on any atom is 0.315 e. The minimum absolute atomic E-state index is 0.133. The molecule has 0 aromatic heterocycles. The van der Waals surface area contributed by atoms with Gasteiger partial charge >= 0.3 is 12.0 Å². The number of carbonyl (C=O) groups excluding carboxylic acids is 1. The van der Waals surface area contributed by atoms with Crippen LogP contribution in [0.2, 0.25) is 0 Å². The summed E-state index contributed by atoms with van der Waals surface area (Å²) < 4.78 is 0.923. The van der Waals surface area contributed by atoms with Crippen molar-refractivity contribution in [3.63, 3.8) is 0 Å². The lowest BCUT2D eigenvalue weighted by atomic mass is 10.1. The molecule has 1 aromatic carbocycles. The molecule has 1 unspecified atom stereocenters. The largest absolute Gasteiger partial charge is 0.481 e. The van der Waals surface area contributed by atoms with Gasteiger partial charge in [0.05, 0.1) is 5.92 Å². The normalized spacial score (nSPS) is 11.7. The maximum absolute atomic E-state index is 11.5. The van der Waals surface area contributed by atoms with Crippen LogP contribution in [0.15, 0.2) is 28.7 Å². The summed E-state index contributed by atoms with van der Waals surface area (Å²) in [7, 11) is 0. The minimum Gasteiger partial charge on any atom is -0.481 e. The molecule has 0 bridgehead atoms. The molecule has 0 saturated heterocycles. The number of hydrogen-bond acceptors (Lipinski definition) is 2. The molecule has 1 rings (SSSR count). The molecule has 2 amide bonds. The van der Waals surface area contributed by atoms with E-state index in [2.05, 4.69) is 26.6 Å². The number of aliphatic carboxylic acids is 1. The first-order valence-electron chi connectivity index (χ1n) is 6.02. The Hall–Kier alpha value is -1.56. The number of urea groups is 1. The molecule has 1 atom stereocenters. The highest BCUT2D eigenvalue weighted by Gasteiger charge is 2.15. The first-order valence-corrected chi connectivity index (χ1v) is 6.81. The summed E-state index contributed by atoms with van der Waals surface area (Å²) in [4.78, 5) is 22.3. The molecule has 0 aliphatic rings. The molecule has 0 aliphatic heterocycles. The quantitative estimate of drug-likeness (QED) is 0.750. The van der Waals surface area contributed by atoms with E-state index in [1.54, 1.807) is 6.92 Å². The van der Waals surface area contributed by atoms with Crippen LogP contribution in [0.25, 0.3) is 0 Å². The Morgan fingerprint density at radius 1 is 1.32 bits per heavy atom. The predicted octanol–water partition coefficient (Wildman–Crippen LogP) is 2.36. The number of carboxylic acids is 1. The molecule has 3 N–H and O–H groups in total.